The zero-order chi connectivity index (χ0) is 13.2. The van der Waals surface area contributed by atoms with Gasteiger partial charge in [0.05, 0.1) is 23.8 Å². The summed E-state index contributed by atoms with van der Waals surface area (Å²) >= 11 is 1.60. The van der Waals surface area contributed by atoms with E-state index in [0.717, 1.165) is 21.6 Å². The van der Waals surface area contributed by atoms with E-state index in [0.29, 0.717) is 6.42 Å². The molecule has 0 aliphatic rings. The molecular formula is C14H13N3OS. The van der Waals surface area contributed by atoms with Crippen LogP contribution in [0.15, 0.2) is 42.0 Å². The van der Waals surface area contributed by atoms with Crippen molar-refractivity contribution in [1.29, 1.82) is 0 Å². The van der Waals surface area contributed by atoms with Crippen molar-refractivity contribution in [3.63, 3.8) is 0 Å². The van der Waals surface area contributed by atoms with Crippen molar-refractivity contribution in [3.05, 3.63) is 46.9 Å². The number of hydrogen-bond acceptors (Lipinski definition) is 3. The molecule has 2 heterocycles. The fraction of sp³-hybridized carbons (Fsp3) is 0.143. The van der Waals surface area contributed by atoms with Crippen molar-refractivity contribution in [1.82, 2.24) is 9.97 Å². The second-order valence-corrected chi connectivity index (χ2v) is 5.35. The Morgan fingerprint density at radius 1 is 1.42 bits per heavy atom. The zero-order valence-corrected chi connectivity index (χ0v) is 11.3. The van der Waals surface area contributed by atoms with Gasteiger partial charge < -0.3 is 9.88 Å². The topological polar surface area (TPSA) is 49.0 Å². The smallest absolute Gasteiger partial charge is 0.231 e. The zero-order valence-electron chi connectivity index (χ0n) is 10.5. The number of nitrogens with one attached hydrogen (secondary N) is 1. The van der Waals surface area contributed by atoms with Gasteiger partial charge in [0.1, 0.15) is 0 Å². The number of H-pyrrole nitrogens is 1. The molecule has 0 bridgehead atoms. The maximum Gasteiger partial charge on any atom is 0.231 e. The summed E-state index contributed by atoms with van der Waals surface area (Å²) in [6, 6.07) is 9.71. The maximum atomic E-state index is 12.2. The number of hydrogen-bond donors (Lipinski definition) is 1. The van der Waals surface area contributed by atoms with Crippen LogP contribution in [0.5, 0.6) is 0 Å². The summed E-state index contributed by atoms with van der Waals surface area (Å²) in [6.45, 7) is 0. The first kappa shape index (κ1) is 11.9. The first-order valence-electron chi connectivity index (χ1n) is 5.96. The lowest BCUT2D eigenvalue weighted by Gasteiger charge is -2.16. The van der Waals surface area contributed by atoms with Crippen LogP contribution < -0.4 is 4.90 Å². The lowest BCUT2D eigenvalue weighted by molar-refractivity contribution is -0.117. The van der Waals surface area contributed by atoms with E-state index in [-0.39, 0.29) is 5.91 Å². The second kappa shape index (κ2) is 4.85. The predicted octanol–water partition coefficient (Wildman–Crippen LogP) is 2.83. The van der Waals surface area contributed by atoms with Gasteiger partial charge in [0.25, 0.3) is 0 Å². The molecule has 0 aliphatic heterocycles. The van der Waals surface area contributed by atoms with Crippen molar-refractivity contribution in [2.24, 2.45) is 0 Å². The van der Waals surface area contributed by atoms with Crippen LogP contribution in [0.2, 0.25) is 0 Å². The third-order valence-electron chi connectivity index (χ3n) is 3.07. The fourth-order valence-corrected chi connectivity index (χ4v) is 2.65. The van der Waals surface area contributed by atoms with Crippen molar-refractivity contribution in [2.45, 2.75) is 6.42 Å². The first-order chi connectivity index (χ1) is 9.24. The fourth-order valence-electron chi connectivity index (χ4n) is 1.96. The number of imidazole rings is 1. The van der Waals surface area contributed by atoms with Crippen molar-refractivity contribution in [3.8, 4) is 0 Å². The van der Waals surface area contributed by atoms with E-state index in [1.54, 1.807) is 29.6 Å². The Bertz CT molecular complexity index is 702. The van der Waals surface area contributed by atoms with Gasteiger partial charge in [-0.1, -0.05) is 6.07 Å². The summed E-state index contributed by atoms with van der Waals surface area (Å²) in [4.78, 5) is 22.2. The summed E-state index contributed by atoms with van der Waals surface area (Å²) < 4.78 is 0. The Balaban J connectivity index is 1.82. The van der Waals surface area contributed by atoms with Crippen LogP contribution in [-0.4, -0.2) is 22.9 Å². The Morgan fingerprint density at radius 3 is 3.11 bits per heavy atom. The molecule has 0 atom stereocenters. The van der Waals surface area contributed by atoms with E-state index in [1.807, 2.05) is 35.7 Å². The van der Waals surface area contributed by atoms with Crippen LogP contribution in [-0.2, 0) is 11.2 Å². The Morgan fingerprint density at radius 2 is 2.32 bits per heavy atom. The molecule has 1 aromatic carbocycles. The highest BCUT2D eigenvalue weighted by Gasteiger charge is 2.12. The molecule has 3 aromatic rings. The number of amides is 1. The molecule has 4 nitrogen and oxygen atoms in total. The van der Waals surface area contributed by atoms with E-state index >= 15 is 0 Å². The number of fused-ring (bicyclic) bond motifs is 1. The molecule has 0 saturated carbocycles. The third-order valence-corrected chi connectivity index (χ3v) is 3.95. The number of anilines is 1. The Hall–Kier alpha value is -2.14. The second-order valence-electron chi connectivity index (χ2n) is 4.31. The standard InChI is InChI=1S/C14H13N3OS/c1-17(14(18)8-11-3-2-6-19-11)10-4-5-12-13(7-10)16-9-15-12/h2-7,9H,8H2,1H3,(H,15,16). The molecule has 0 spiro atoms. The summed E-state index contributed by atoms with van der Waals surface area (Å²) in [7, 11) is 1.80. The molecule has 0 saturated heterocycles. The highest BCUT2D eigenvalue weighted by atomic mass is 32.1. The molecule has 0 unspecified atom stereocenters. The van der Waals surface area contributed by atoms with E-state index < -0.39 is 0 Å². The number of thiophene rings is 1. The number of aromatic nitrogens is 2. The normalized spacial score (nSPS) is 10.8. The van der Waals surface area contributed by atoms with Crippen LogP contribution in [0.4, 0.5) is 5.69 Å². The minimum absolute atomic E-state index is 0.0846. The quantitative estimate of drug-likeness (QED) is 0.796. The molecule has 5 heteroatoms. The van der Waals surface area contributed by atoms with Gasteiger partial charge in [-0.25, -0.2) is 4.98 Å². The largest absolute Gasteiger partial charge is 0.345 e. The Kier molecular flexibility index (Phi) is 3.05. The molecule has 0 fully saturated rings. The number of nitrogens with zero attached hydrogens (tertiary/aromatic N) is 2. The van der Waals surface area contributed by atoms with Crippen LogP contribution in [0, 0.1) is 0 Å². The summed E-state index contributed by atoms with van der Waals surface area (Å²) in [5.41, 5.74) is 2.72. The van der Waals surface area contributed by atoms with Gasteiger partial charge in [-0.05, 0) is 29.6 Å². The van der Waals surface area contributed by atoms with E-state index in [9.17, 15) is 4.79 Å². The summed E-state index contributed by atoms with van der Waals surface area (Å²) in [5.74, 6) is 0.0846. The predicted molar refractivity (Wildman–Crippen MR) is 77.5 cm³/mol. The molecule has 1 amide bonds. The lowest BCUT2D eigenvalue weighted by Crippen LogP contribution is -2.27. The third kappa shape index (κ3) is 2.37. The van der Waals surface area contributed by atoms with Gasteiger partial charge in [-0.2, -0.15) is 0 Å². The molecule has 2 aromatic heterocycles. The minimum atomic E-state index is 0.0846. The molecule has 1 N–H and O–H groups in total. The van der Waals surface area contributed by atoms with Gasteiger partial charge in [-0.3, -0.25) is 4.79 Å². The van der Waals surface area contributed by atoms with Gasteiger partial charge in [0.15, 0.2) is 0 Å². The lowest BCUT2D eigenvalue weighted by atomic mass is 10.2. The van der Waals surface area contributed by atoms with Crippen molar-refractivity contribution in [2.75, 3.05) is 11.9 Å². The molecule has 0 aliphatic carbocycles. The van der Waals surface area contributed by atoms with Gasteiger partial charge in [0, 0.05) is 17.6 Å². The van der Waals surface area contributed by atoms with E-state index in [2.05, 4.69) is 9.97 Å². The summed E-state index contributed by atoms with van der Waals surface area (Å²) in [5, 5.41) is 1.99. The number of benzene rings is 1. The van der Waals surface area contributed by atoms with Crippen LogP contribution in [0.25, 0.3) is 11.0 Å². The van der Waals surface area contributed by atoms with Crippen LogP contribution >= 0.6 is 11.3 Å². The SMILES string of the molecule is CN(C(=O)Cc1cccs1)c1ccc2nc[nH]c2c1. The maximum absolute atomic E-state index is 12.2. The number of carbonyl (C=O) groups excluding carboxylic acids is 1. The average Bonchev–Trinajstić information content (AvgIpc) is 3.07. The van der Waals surface area contributed by atoms with E-state index in [1.165, 1.54) is 0 Å². The van der Waals surface area contributed by atoms with Crippen molar-refractivity contribution < 1.29 is 4.79 Å². The molecule has 96 valence electrons. The molecule has 19 heavy (non-hydrogen) atoms. The van der Waals surface area contributed by atoms with Gasteiger partial charge in [0.2, 0.25) is 5.91 Å². The highest BCUT2D eigenvalue weighted by molar-refractivity contribution is 7.10. The van der Waals surface area contributed by atoms with Crippen LogP contribution in [0.1, 0.15) is 4.88 Å². The van der Waals surface area contributed by atoms with E-state index in [4.69, 9.17) is 0 Å². The van der Waals surface area contributed by atoms with Gasteiger partial charge in [-0.15, -0.1) is 11.3 Å². The highest BCUT2D eigenvalue weighted by Crippen LogP contribution is 2.20. The average molecular weight is 271 g/mol. The number of likely N-dealkylation sites (N-methyl/N-ethyl adjacent to an activating group) is 1. The van der Waals surface area contributed by atoms with Crippen molar-refractivity contribution >= 4 is 34.0 Å². The minimum Gasteiger partial charge on any atom is -0.345 e. The number of carbonyl (C=O) groups is 1. The molecule has 0 radical (unpaired) electrons. The molecular weight excluding hydrogens is 258 g/mol. The van der Waals surface area contributed by atoms with Crippen LogP contribution in [0.3, 0.4) is 0 Å². The first-order valence-corrected chi connectivity index (χ1v) is 6.84. The number of aromatic amines is 1. The molecule has 3 rings (SSSR count). The van der Waals surface area contributed by atoms with Gasteiger partial charge >= 0.3 is 0 Å². The Labute approximate surface area is 114 Å². The number of rotatable bonds is 3. The monoisotopic (exact) mass is 271 g/mol. The summed E-state index contributed by atoms with van der Waals surface area (Å²) in [6.07, 6.45) is 2.09.